The summed E-state index contributed by atoms with van der Waals surface area (Å²) in [5, 5.41) is 3.64. The lowest BCUT2D eigenvalue weighted by Gasteiger charge is -2.12. The maximum atomic E-state index is 14.0. The van der Waals surface area contributed by atoms with Crippen LogP contribution in [-0.4, -0.2) is 24.1 Å². The number of halogens is 1. The van der Waals surface area contributed by atoms with E-state index in [0.29, 0.717) is 18.5 Å². The zero-order chi connectivity index (χ0) is 16.3. The van der Waals surface area contributed by atoms with Crippen LogP contribution in [0.5, 0.6) is 0 Å². The molecule has 1 atom stereocenters. The number of hydrogen-bond acceptors (Lipinski definition) is 2. The van der Waals surface area contributed by atoms with Crippen molar-refractivity contribution in [1.29, 1.82) is 0 Å². The number of H-pyrrole nitrogens is 1. The van der Waals surface area contributed by atoms with Crippen molar-refractivity contribution in [2.75, 3.05) is 7.11 Å². The fourth-order valence-electron chi connectivity index (χ4n) is 2.52. The Kier molecular flexibility index (Phi) is 5.19. The molecule has 0 bridgehead atoms. The van der Waals surface area contributed by atoms with Gasteiger partial charge >= 0.3 is 0 Å². The van der Waals surface area contributed by atoms with E-state index in [0.717, 1.165) is 16.6 Å². The number of fused-ring (bicyclic) bond motifs is 1. The molecule has 0 radical (unpaired) electrons. The van der Waals surface area contributed by atoms with Crippen LogP contribution in [0.4, 0.5) is 4.39 Å². The molecule has 0 saturated heterocycles. The molecule has 0 saturated carbocycles. The lowest BCUT2D eigenvalue weighted by atomic mass is 10.0. The minimum Gasteiger partial charge on any atom is -0.372 e. The summed E-state index contributed by atoms with van der Waals surface area (Å²) in [5.41, 5.74) is 2.41. The first kappa shape index (κ1) is 16.5. The maximum Gasteiger partial charge on any atom is 0.249 e. The maximum absolute atomic E-state index is 14.0. The van der Waals surface area contributed by atoms with Crippen molar-refractivity contribution < 1.29 is 13.9 Å². The Bertz CT molecular complexity index is 660. The predicted molar refractivity (Wildman–Crippen MR) is 85.3 cm³/mol. The monoisotopic (exact) mass is 306 g/mol. The third-order valence-electron chi connectivity index (χ3n) is 3.82. The average molecular weight is 306 g/mol. The largest absolute Gasteiger partial charge is 0.372 e. The number of nitrogens with one attached hydrogen (secondary N) is 2. The molecule has 1 aromatic carbocycles. The lowest BCUT2D eigenvalue weighted by Crippen LogP contribution is -2.35. The van der Waals surface area contributed by atoms with E-state index in [9.17, 15) is 9.18 Å². The highest BCUT2D eigenvalue weighted by Crippen LogP contribution is 2.25. The minimum atomic E-state index is -0.436. The van der Waals surface area contributed by atoms with Gasteiger partial charge in [0.1, 0.15) is 11.9 Å². The molecule has 2 rings (SSSR count). The van der Waals surface area contributed by atoms with E-state index in [4.69, 9.17) is 4.74 Å². The van der Waals surface area contributed by atoms with Gasteiger partial charge in [-0.1, -0.05) is 20.8 Å². The summed E-state index contributed by atoms with van der Waals surface area (Å²) >= 11 is 0. The number of rotatable bonds is 6. The Labute approximate surface area is 130 Å². The topological polar surface area (TPSA) is 54.1 Å². The van der Waals surface area contributed by atoms with Gasteiger partial charge < -0.3 is 15.0 Å². The van der Waals surface area contributed by atoms with E-state index < -0.39 is 6.10 Å². The van der Waals surface area contributed by atoms with E-state index in [1.807, 2.05) is 32.9 Å². The highest BCUT2D eigenvalue weighted by atomic mass is 19.1. The van der Waals surface area contributed by atoms with Gasteiger partial charge in [-0.05, 0) is 36.1 Å². The quantitative estimate of drug-likeness (QED) is 0.858. The number of methoxy groups -OCH3 is 1. The van der Waals surface area contributed by atoms with Gasteiger partial charge in [0, 0.05) is 23.7 Å². The van der Waals surface area contributed by atoms with Crippen LogP contribution in [0.1, 0.15) is 44.4 Å². The van der Waals surface area contributed by atoms with E-state index in [2.05, 4.69) is 10.3 Å². The van der Waals surface area contributed by atoms with Crippen molar-refractivity contribution >= 4 is 16.8 Å². The van der Waals surface area contributed by atoms with E-state index in [-0.39, 0.29) is 17.6 Å². The van der Waals surface area contributed by atoms with Crippen molar-refractivity contribution in [3.8, 4) is 0 Å². The number of carbonyl (C=O) groups excluding carboxylic acids is 1. The number of ether oxygens (including phenoxy) is 1. The Morgan fingerprint density at radius 1 is 1.36 bits per heavy atom. The van der Waals surface area contributed by atoms with Crippen LogP contribution < -0.4 is 5.32 Å². The molecule has 1 heterocycles. The lowest BCUT2D eigenvalue weighted by molar-refractivity contribution is -0.131. The summed E-state index contributed by atoms with van der Waals surface area (Å²) in [6, 6.07) is 5.23. The van der Waals surface area contributed by atoms with Crippen LogP contribution in [0.2, 0.25) is 0 Å². The summed E-state index contributed by atoms with van der Waals surface area (Å²) in [5.74, 6) is -0.205. The van der Waals surface area contributed by atoms with Gasteiger partial charge in [-0.3, -0.25) is 4.79 Å². The molecule has 5 heteroatoms. The second-order valence-corrected chi connectivity index (χ2v) is 5.76. The Hall–Kier alpha value is -1.88. The molecule has 0 fully saturated rings. The van der Waals surface area contributed by atoms with Crippen molar-refractivity contribution in [3.63, 3.8) is 0 Å². The van der Waals surface area contributed by atoms with E-state index in [1.165, 1.54) is 13.2 Å². The molecule has 22 heavy (non-hydrogen) atoms. The van der Waals surface area contributed by atoms with Crippen LogP contribution in [0.3, 0.4) is 0 Å². The Morgan fingerprint density at radius 3 is 2.68 bits per heavy atom. The molecule has 4 nitrogen and oxygen atoms in total. The third-order valence-corrected chi connectivity index (χ3v) is 3.82. The smallest absolute Gasteiger partial charge is 0.249 e. The summed E-state index contributed by atoms with van der Waals surface area (Å²) in [6.07, 6.45) is 0.187. The molecular formula is C17H23FN2O2. The molecule has 1 amide bonds. The Balaban J connectivity index is 2.15. The molecule has 0 aliphatic carbocycles. The molecule has 0 aliphatic heterocycles. The average Bonchev–Trinajstić information content (AvgIpc) is 2.87. The fourth-order valence-corrected chi connectivity index (χ4v) is 2.52. The molecule has 2 aromatic rings. The first-order chi connectivity index (χ1) is 10.5. The van der Waals surface area contributed by atoms with Gasteiger partial charge in [0.15, 0.2) is 0 Å². The van der Waals surface area contributed by atoms with Crippen molar-refractivity contribution in [1.82, 2.24) is 10.3 Å². The number of aromatic nitrogens is 1. The van der Waals surface area contributed by atoms with Crippen LogP contribution in [0, 0.1) is 5.82 Å². The standard InChI is InChI=1S/C17H23FN2O2/c1-5-16(22-4)17(21)19-9-12-6-11-7-14(18)13(10(2)3)8-15(11)20-12/h6-8,10,16,20H,5,9H2,1-4H3,(H,19,21). The van der Waals surface area contributed by atoms with Gasteiger partial charge in [-0.25, -0.2) is 4.39 Å². The van der Waals surface area contributed by atoms with Gasteiger partial charge in [0.2, 0.25) is 5.91 Å². The summed E-state index contributed by atoms with van der Waals surface area (Å²) in [4.78, 5) is 15.1. The van der Waals surface area contributed by atoms with Gasteiger partial charge in [0.05, 0.1) is 6.54 Å². The number of amides is 1. The molecule has 120 valence electrons. The molecule has 0 aliphatic rings. The number of benzene rings is 1. The van der Waals surface area contributed by atoms with Crippen LogP contribution in [-0.2, 0) is 16.1 Å². The molecular weight excluding hydrogens is 283 g/mol. The van der Waals surface area contributed by atoms with Gasteiger partial charge in [-0.15, -0.1) is 0 Å². The summed E-state index contributed by atoms with van der Waals surface area (Å²) < 4.78 is 19.1. The highest BCUT2D eigenvalue weighted by Gasteiger charge is 2.15. The van der Waals surface area contributed by atoms with Crippen LogP contribution in [0.25, 0.3) is 10.9 Å². The summed E-state index contributed by atoms with van der Waals surface area (Å²) in [6.45, 7) is 6.19. The van der Waals surface area contributed by atoms with Crippen molar-refractivity contribution in [3.05, 3.63) is 35.3 Å². The number of carbonyl (C=O) groups is 1. The first-order valence-electron chi connectivity index (χ1n) is 7.57. The highest BCUT2D eigenvalue weighted by molar-refractivity contribution is 5.82. The molecule has 2 N–H and O–H groups in total. The number of hydrogen-bond donors (Lipinski definition) is 2. The minimum absolute atomic E-state index is 0.128. The zero-order valence-corrected chi connectivity index (χ0v) is 13.5. The third kappa shape index (κ3) is 3.47. The second kappa shape index (κ2) is 6.92. The van der Waals surface area contributed by atoms with Crippen LogP contribution >= 0.6 is 0 Å². The molecule has 1 aromatic heterocycles. The SMILES string of the molecule is CCC(OC)C(=O)NCc1cc2cc(F)c(C(C)C)cc2[nH]1. The number of aromatic amines is 1. The van der Waals surface area contributed by atoms with Crippen molar-refractivity contribution in [2.45, 2.75) is 45.8 Å². The van der Waals surface area contributed by atoms with Gasteiger partial charge in [-0.2, -0.15) is 0 Å². The van der Waals surface area contributed by atoms with E-state index in [1.54, 1.807) is 0 Å². The fraction of sp³-hybridized carbons (Fsp3) is 0.471. The predicted octanol–water partition coefficient (Wildman–Crippen LogP) is 3.47. The normalized spacial score (nSPS) is 12.8. The molecule has 0 spiro atoms. The Morgan fingerprint density at radius 2 is 2.09 bits per heavy atom. The summed E-state index contributed by atoms with van der Waals surface area (Å²) in [7, 11) is 1.52. The first-order valence-corrected chi connectivity index (χ1v) is 7.57. The molecule has 1 unspecified atom stereocenters. The second-order valence-electron chi connectivity index (χ2n) is 5.76. The zero-order valence-electron chi connectivity index (χ0n) is 13.5. The van der Waals surface area contributed by atoms with Crippen LogP contribution in [0.15, 0.2) is 18.2 Å². The van der Waals surface area contributed by atoms with Gasteiger partial charge in [0.25, 0.3) is 0 Å². The van der Waals surface area contributed by atoms with Crippen molar-refractivity contribution in [2.24, 2.45) is 0 Å². The van der Waals surface area contributed by atoms with E-state index >= 15 is 0 Å².